The number of anilines is 2. The lowest BCUT2D eigenvalue weighted by Gasteiger charge is -2.23. The van der Waals surface area contributed by atoms with Crippen molar-refractivity contribution in [3.8, 4) is 5.88 Å². The number of carbonyl (C=O) groups excluding carboxylic acids is 1. The van der Waals surface area contributed by atoms with Crippen LogP contribution in [0.3, 0.4) is 0 Å². The van der Waals surface area contributed by atoms with Crippen molar-refractivity contribution >= 4 is 29.0 Å². The van der Waals surface area contributed by atoms with Crippen molar-refractivity contribution < 1.29 is 9.53 Å². The van der Waals surface area contributed by atoms with Gasteiger partial charge < -0.3 is 10.5 Å². The van der Waals surface area contributed by atoms with Crippen LogP contribution in [0.4, 0.5) is 11.5 Å². The van der Waals surface area contributed by atoms with Crippen LogP contribution in [0.25, 0.3) is 0 Å². The van der Waals surface area contributed by atoms with Crippen LogP contribution in [0.15, 0.2) is 30.6 Å². The van der Waals surface area contributed by atoms with Gasteiger partial charge in [0.15, 0.2) is 5.82 Å². The van der Waals surface area contributed by atoms with Crippen molar-refractivity contribution in [2.75, 3.05) is 11.2 Å². The van der Waals surface area contributed by atoms with E-state index in [2.05, 4.69) is 20.8 Å². The number of hydrogen-bond acceptors (Lipinski definition) is 6. The summed E-state index contributed by atoms with van der Waals surface area (Å²) in [6, 6.07) is 6.54. The molecule has 3 rings (SSSR count). The Morgan fingerprint density at radius 3 is 2.60 bits per heavy atom. The quantitative estimate of drug-likeness (QED) is 0.707. The normalized spacial score (nSPS) is 14.8. The van der Waals surface area contributed by atoms with Gasteiger partial charge in [0, 0.05) is 10.6 Å². The highest BCUT2D eigenvalue weighted by atomic mass is 35.5. The van der Waals surface area contributed by atoms with Gasteiger partial charge in [-0.1, -0.05) is 18.0 Å². The first-order valence-electron chi connectivity index (χ1n) is 8.22. The molecule has 1 aromatic carbocycles. The van der Waals surface area contributed by atoms with Gasteiger partial charge in [-0.15, -0.1) is 0 Å². The van der Waals surface area contributed by atoms with E-state index >= 15 is 0 Å². The molecule has 0 radical (unpaired) electrons. The molecule has 0 bridgehead atoms. The van der Waals surface area contributed by atoms with E-state index < -0.39 is 0 Å². The number of halogens is 1. The third-order valence-electron chi connectivity index (χ3n) is 4.08. The Balaban J connectivity index is 1.63. The molecule has 0 spiro atoms. The molecule has 2 aromatic rings. The SMILES string of the molecule is Nc1c(NNC(=O)c2ccc(Cl)cc2)ncnc1OC1CCCCC1. The molecule has 1 saturated carbocycles. The number of carbonyl (C=O) groups is 1. The summed E-state index contributed by atoms with van der Waals surface area (Å²) in [4.78, 5) is 20.3. The van der Waals surface area contributed by atoms with Gasteiger partial charge in [0.2, 0.25) is 5.88 Å². The molecular formula is C17H20ClN5O2. The number of nitrogens with zero attached hydrogens (tertiary/aromatic N) is 2. The van der Waals surface area contributed by atoms with Gasteiger partial charge in [-0.2, -0.15) is 4.98 Å². The summed E-state index contributed by atoms with van der Waals surface area (Å²) in [5, 5.41) is 0.564. The van der Waals surface area contributed by atoms with Gasteiger partial charge in [-0.05, 0) is 49.9 Å². The first-order valence-corrected chi connectivity index (χ1v) is 8.60. The number of hydrogen-bond donors (Lipinski definition) is 3. The Morgan fingerprint density at radius 1 is 1.16 bits per heavy atom. The van der Waals surface area contributed by atoms with E-state index in [-0.39, 0.29) is 17.7 Å². The van der Waals surface area contributed by atoms with Gasteiger partial charge in [-0.3, -0.25) is 15.6 Å². The lowest BCUT2D eigenvalue weighted by atomic mass is 9.98. The highest BCUT2D eigenvalue weighted by molar-refractivity contribution is 6.30. The summed E-state index contributed by atoms with van der Waals surface area (Å²) in [6.07, 6.45) is 7.02. The van der Waals surface area contributed by atoms with Crippen molar-refractivity contribution in [3.63, 3.8) is 0 Å². The van der Waals surface area contributed by atoms with Gasteiger partial charge >= 0.3 is 0 Å². The third-order valence-corrected chi connectivity index (χ3v) is 4.33. The Labute approximate surface area is 150 Å². The topological polar surface area (TPSA) is 102 Å². The predicted octanol–water partition coefficient (Wildman–Crippen LogP) is 3.18. The molecule has 1 fully saturated rings. The minimum Gasteiger partial charge on any atom is -0.473 e. The number of benzene rings is 1. The number of ether oxygens (including phenoxy) is 1. The molecule has 1 amide bonds. The monoisotopic (exact) mass is 361 g/mol. The summed E-state index contributed by atoms with van der Waals surface area (Å²) in [7, 11) is 0. The molecule has 1 heterocycles. The van der Waals surface area contributed by atoms with Crippen LogP contribution >= 0.6 is 11.6 Å². The second kappa shape index (κ2) is 8.02. The summed E-state index contributed by atoms with van der Waals surface area (Å²) < 4.78 is 5.89. The maximum absolute atomic E-state index is 12.1. The van der Waals surface area contributed by atoms with Crippen LogP contribution in [-0.2, 0) is 0 Å². The lowest BCUT2D eigenvalue weighted by molar-refractivity contribution is 0.0962. The van der Waals surface area contributed by atoms with Crippen molar-refractivity contribution in [1.29, 1.82) is 0 Å². The second-order valence-electron chi connectivity index (χ2n) is 5.90. The van der Waals surface area contributed by atoms with Crippen LogP contribution < -0.4 is 21.3 Å². The maximum Gasteiger partial charge on any atom is 0.269 e. The molecule has 1 aromatic heterocycles. The largest absolute Gasteiger partial charge is 0.473 e. The van der Waals surface area contributed by atoms with Crippen molar-refractivity contribution in [3.05, 3.63) is 41.2 Å². The van der Waals surface area contributed by atoms with Crippen LogP contribution in [0.1, 0.15) is 42.5 Å². The van der Waals surface area contributed by atoms with E-state index in [0.29, 0.717) is 22.3 Å². The number of aromatic nitrogens is 2. The number of rotatable bonds is 5. The average molecular weight is 362 g/mol. The van der Waals surface area contributed by atoms with Crippen molar-refractivity contribution in [2.24, 2.45) is 0 Å². The minimum atomic E-state index is -0.329. The van der Waals surface area contributed by atoms with Gasteiger partial charge in [0.1, 0.15) is 18.1 Å². The molecule has 7 nitrogen and oxygen atoms in total. The highest BCUT2D eigenvalue weighted by Gasteiger charge is 2.18. The first-order chi connectivity index (χ1) is 12.1. The van der Waals surface area contributed by atoms with Crippen molar-refractivity contribution in [1.82, 2.24) is 15.4 Å². The molecule has 132 valence electrons. The summed E-state index contributed by atoms with van der Waals surface area (Å²) in [6.45, 7) is 0. The predicted molar refractivity (Wildman–Crippen MR) is 96.5 cm³/mol. The third kappa shape index (κ3) is 4.51. The molecule has 0 saturated heterocycles. The van der Waals surface area contributed by atoms with E-state index in [0.717, 1.165) is 25.7 Å². The molecule has 1 aliphatic carbocycles. The number of nitrogens with one attached hydrogen (secondary N) is 2. The standard InChI is InChI=1S/C17H20ClN5O2/c18-12-8-6-11(7-9-12)16(24)23-22-15-14(19)17(21-10-20-15)25-13-4-2-1-3-5-13/h6-10,13H,1-5,19H2,(H,23,24)(H,20,21,22). The van der Waals surface area contributed by atoms with Crippen LogP contribution in [-0.4, -0.2) is 22.0 Å². The van der Waals surface area contributed by atoms with Crippen LogP contribution in [0.2, 0.25) is 5.02 Å². The van der Waals surface area contributed by atoms with E-state index in [1.165, 1.54) is 12.7 Å². The zero-order valence-electron chi connectivity index (χ0n) is 13.7. The van der Waals surface area contributed by atoms with Crippen molar-refractivity contribution in [2.45, 2.75) is 38.2 Å². The second-order valence-corrected chi connectivity index (χ2v) is 6.34. The highest BCUT2D eigenvalue weighted by Crippen LogP contribution is 2.28. The van der Waals surface area contributed by atoms with E-state index in [9.17, 15) is 4.79 Å². The summed E-state index contributed by atoms with van der Waals surface area (Å²) >= 11 is 5.81. The fourth-order valence-corrected chi connectivity index (χ4v) is 2.83. The van der Waals surface area contributed by atoms with Gasteiger partial charge in [0.05, 0.1) is 0 Å². The van der Waals surface area contributed by atoms with Crippen LogP contribution in [0.5, 0.6) is 5.88 Å². The summed E-state index contributed by atoms with van der Waals surface area (Å²) in [5.74, 6) is 0.303. The molecule has 8 heteroatoms. The Kier molecular flexibility index (Phi) is 5.55. The fraction of sp³-hybridized carbons (Fsp3) is 0.353. The minimum absolute atomic E-state index is 0.127. The van der Waals surface area contributed by atoms with E-state index in [1.54, 1.807) is 24.3 Å². The molecule has 4 N–H and O–H groups in total. The van der Waals surface area contributed by atoms with Crippen LogP contribution in [0, 0.1) is 0 Å². The summed E-state index contributed by atoms with van der Waals surface area (Å²) in [5.41, 5.74) is 12.1. The maximum atomic E-state index is 12.1. The fourth-order valence-electron chi connectivity index (χ4n) is 2.70. The first kappa shape index (κ1) is 17.3. The number of nitrogens with two attached hydrogens (primary N) is 1. The number of amides is 1. The van der Waals surface area contributed by atoms with E-state index in [4.69, 9.17) is 22.1 Å². The Bertz CT molecular complexity index is 732. The molecule has 1 aliphatic rings. The number of hydrazine groups is 1. The molecule has 0 unspecified atom stereocenters. The smallest absolute Gasteiger partial charge is 0.269 e. The Hall–Kier alpha value is -2.54. The lowest BCUT2D eigenvalue weighted by Crippen LogP contribution is -2.30. The van der Waals surface area contributed by atoms with E-state index in [1.807, 2.05) is 0 Å². The molecule has 0 atom stereocenters. The average Bonchev–Trinajstić information content (AvgIpc) is 2.63. The zero-order valence-corrected chi connectivity index (χ0v) is 14.4. The zero-order chi connectivity index (χ0) is 17.6. The molecule has 0 aliphatic heterocycles. The number of nitrogen functional groups attached to an aromatic ring is 1. The Morgan fingerprint density at radius 2 is 1.88 bits per heavy atom. The van der Waals surface area contributed by atoms with Gasteiger partial charge in [-0.25, -0.2) is 4.98 Å². The molecular weight excluding hydrogens is 342 g/mol. The molecule has 25 heavy (non-hydrogen) atoms. The van der Waals surface area contributed by atoms with Gasteiger partial charge in [0.25, 0.3) is 5.91 Å².